The van der Waals surface area contributed by atoms with Gasteiger partial charge in [-0.1, -0.05) is 18.2 Å². The minimum atomic E-state index is 0.740. The Morgan fingerprint density at radius 2 is 1.75 bits per heavy atom. The van der Waals surface area contributed by atoms with Crippen LogP contribution in [0.3, 0.4) is 0 Å². The number of benzene rings is 2. The summed E-state index contributed by atoms with van der Waals surface area (Å²) in [5.41, 5.74) is 8.56. The van der Waals surface area contributed by atoms with Crippen molar-refractivity contribution in [1.29, 1.82) is 0 Å². The lowest BCUT2D eigenvalue weighted by Crippen LogP contribution is -1.88. The standard InChI is InChI=1S/C13H9BrN2/c14-10-7-13-9(6-11(10)15)5-8-3-1-2-4-12(8)16-13/h1-7H,15H2. The zero-order valence-corrected chi connectivity index (χ0v) is 10.0. The first kappa shape index (κ1) is 9.60. The van der Waals surface area contributed by atoms with Crippen LogP contribution in [0.25, 0.3) is 21.8 Å². The average molecular weight is 273 g/mol. The number of rotatable bonds is 0. The third-order valence-corrected chi connectivity index (χ3v) is 3.32. The molecule has 16 heavy (non-hydrogen) atoms. The van der Waals surface area contributed by atoms with Crippen molar-refractivity contribution in [3.63, 3.8) is 0 Å². The molecule has 0 radical (unpaired) electrons. The van der Waals surface area contributed by atoms with Gasteiger partial charge in [-0.3, -0.25) is 0 Å². The van der Waals surface area contributed by atoms with E-state index < -0.39 is 0 Å². The van der Waals surface area contributed by atoms with Crippen molar-refractivity contribution in [2.45, 2.75) is 0 Å². The Balaban J connectivity index is 2.46. The lowest BCUT2D eigenvalue weighted by atomic mass is 10.1. The van der Waals surface area contributed by atoms with Gasteiger partial charge >= 0.3 is 0 Å². The smallest absolute Gasteiger partial charge is 0.0722 e. The van der Waals surface area contributed by atoms with E-state index in [2.05, 4.69) is 33.0 Å². The Bertz CT molecular complexity index is 632. The quantitative estimate of drug-likeness (QED) is 0.500. The van der Waals surface area contributed by atoms with Gasteiger partial charge in [0.2, 0.25) is 0 Å². The molecule has 0 aliphatic rings. The molecule has 1 aromatic heterocycles. The van der Waals surface area contributed by atoms with Gasteiger partial charge in [0.05, 0.1) is 11.0 Å². The number of fused-ring (bicyclic) bond motifs is 2. The van der Waals surface area contributed by atoms with Crippen LogP contribution in [0, 0.1) is 0 Å². The third kappa shape index (κ3) is 1.44. The Kier molecular flexibility index (Phi) is 2.07. The second-order valence-corrected chi connectivity index (χ2v) is 4.60. The molecule has 0 saturated carbocycles. The van der Waals surface area contributed by atoms with Gasteiger partial charge in [0.25, 0.3) is 0 Å². The first-order valence-electron chi connectivity index (χ1n) is 4.98. The normalized spacial score (nSPS) is 11.1. The third-order valence-electron chi connectivity index (χ3n) is 2.63. The Morgan fingerprint density at radius 1 is 0.938 bits per heavy atom. The molecule has 3 heteroatoms. The van der Waals surface area contributed by atoms with Crippen LogP contribution < -0.4 is 5.73 Å². The summed E-state index contributed by atoms with van der Waals surface area (Å²) in [4.78, 5) is 4.59. The van der Waals surface area contributed by atoms with Crippen LogP contribution >= 0.6 is 15.9 Å². The van der Waals surface area contributed by atoms with Gasteiger partial charge in [-0.2, -0.15) is 0 Å². The van der Waals surface area contributed by atoms with E-state index in [0.29, 0.717) is 0 Å². The second-order valence-electron chi connectivity index (χ2n) is 3.75. The van der Waals surface area contributed by atoms with Crippen LogP contribution in [0.4, 0.5) is 5.69 Å². The fraction of sp³-hybridized carbons (Fsp3) is 0. The summed E-state index contributed by atoms with van der Waals surface area (Å²) in [6, 6.07) is 14.1. The first-order chi connectivity index (χ1) is 7.74. The minimum Gasteiger partial charge on any atom is -0.398 e. The van der Waals surface area contributed by atoms with Gasteiger partial charge in [-0.25, -0.2) is 4.98 Å². The highest BCUT2D eigenvalue weighted by atomic mass is 79.9. The van der Waals surface area contributed by atoms with E-state index in [4.69, 9.17) is 5.73 Å². The molecule has 0 amide bonds. The molecule has 3 rings (SSSR count). The van der Waals surface area contributed by atoms with Crippen molar-refractivity contribution in [3.8, 4) is 0 Å². The molecule has 2 nitrogen and oxygen atoms in total. The number of halogens is 1. The molecule has 0 fully saturated rings. The van der Waals surface area contributed by atoms with Crippen molar-refractivity contribution >= 4 is 43.4 Å². The number of nitrogen functional groups attached to an aromatic ring is 1. The number of hydrogen-bond donors (Lipinski definition) is 1. The van der Waals surface area contributed by atoms with E-state index in [-0.39, 0.29) is 0 Å². The summed E-state index contributed by atoms with van der Waals surface area (Å²) < 4.78 is 0.891. The molecule has 2 aromatic carbocycles. The Morgan fingerprint density at radius 3 is 2.62 bits per heavy atom. The van der Waals surface area contributed by atoms with Gasteiger partial charge in [-0.05, 0) is 40.2 Å². The molecule has 0 atom stereocenters. The lowest BCUT2D eigenvalue weighted by molar-refractivity contribution is 1.49. The molecule has 0 aliphatic carbocycles. The summed E-state index contributed by atoms with van der Waals surface area (Å²) in [6.07, 6.45) is 0. The highest BCUT2D eigenvalue weighted by Crippen LogP contribution is 2.27. The summed E-state index contributed by atoms with van der Waals surface area (Å²) in [6.45, 7) is 0. The molecular weight excluding hydrogens is 264 g/mol. The second kappa shape index (κ2) is 3.46. The maximum Gasteiger partial charge on any atom is 0.0722 e. The van der Waals surface area contributed by atoms with Gasteiger partial charge in [0.1, 0.15) is 0 Å². The molecule has 78 valence electrons. The molecule has 0 saturated heterocycles. The van der Waals surface area contributed by atoms with Gasteiger partial charge in [0.15, 0.2) is 0 Å². The summed E-state index contributed by atoms with van der Waals surface area (Å²) >= 11 is 3.42. The van der Waals surface area contributed by atoms with E-state index in [0.717, 1.165) is 32.0 Å². The topological polar surface area (TPSA) is 38.9 Å². The van der Waals surface area contributed by atoms with Crippen LogP contribution in [-0.4, -0.2) is 4.98 Å². The van der Waals surface area contributed by atoms with E-state index >= 15 is 0 Å². The van der Waals surface area contributed by atoms with E-state index in [1.807, 2.05) is 30.3 Å². The average Bonchev–Trinajstić information content (AvgIpc) is 2.28. The van der Waals surface area contributed by atoms with E-state index in [1.165, 1.54) is 0 Å². The highest BCUT2D eigenvalue weighted by Gasteiger charge is 2.02. The van der Waals surface area contributed by atoms with Gasteiger partial charge < -0.3 is 5.73 Å². The maximum absolute atomic E-state index is 5.86. The zero-order valence-electron chi connectivity index (χ0n) is 8.44. The molecule has 0 aliphatic heterocycles. The van der Waals surface area contributed by atoms with E-state index in [1.54, 1.807) is 0 Å². The number of pyridine rings is 1. The van der Waals surface area contributed by atoms with Crippen LogP contribution in [-0.2, 0) is 0 Å². The number of anilines is 1. The Labute approximate surface area is 101 Å². The van der Waals surface area contributed by atoms with Crippen molar-refractivity contribution in [3.05, 3.63) is 46.9 Å². The fourth-order valence-electron chi connectivity index (χ4n) is 1.82. The van der Waals surface area contributed by atoms with Crippen molar-refractivity contribution < 1.29 is 0 Å². The highest BCUT2D eigenvalue weighted by molar-refractivity contribution is 9.10. The molecule has 0 bridgehead atoms. The van der Waals surface area contributed by atoms with Crippen LogP contribution in [0.5, 0.6) is 0 Å². The van der Waals surface area contributed by atoms with Crippen molar-refractivity contribution in [1.82, 2.24) is 4.98 Å². The molecule has 0 spiro atoms. The van der Waals surface area contributed by atoms with Crippen LogP contribution in [0.1, 0.15) is 0 Å². The fourth-order valence-corrected chi connectivity index (χ4v) is 2.15. The molecule has 3 aromatic rings. The summed E-state index contributed by atoms with van der Waals surface area (Å²) in [5, 5.41) is 2.20. The molecule has 2 N–H and O–H groups in total. The number of nitrogens with zero attached hydrogens (tertiary/aromatic N) is 1. The Hall–Kier alpha value is -1.61. The lowest BCUT2D eigenvalue weighted by Gasteiger charge is -2.04. The summed E-state index contributed by atoms with van der Waals surface area (Å²) in [5.74, 6) is 0. The van der Waals surface area contributed by atoms with Crippen molar-refractivity contribution in [2.75, 3.05) is 5.73 Å². The number of hydrogen-bond acceptors (Lipinski definition) is 2. The first-order valence-corrected chi connectivity index (χ1v) is 5.78. The molecule has 1 heterocycles. The van der Waals surface area contributed by atoms with Crippen LogP contribution in [0.15, 0.2) is 46.9 Å². The van der Waals surface area contributed by atoms with Gasteiger partial charge in [-0.15, -0.1) is 0 Å². The van der Waals surface area contributed by atoms with E-state index in [9.17, 15) is 0 Å². The summed E-state index contributed by atoms with van der Waals surface area (Å²) in [7, 11) is 0. The molecule has 0 unspecified atom stereocenters. The predicted molar refractivity (Wildman–Crippen MR) is 71.4 cm³/mol. The number of para-hydroxylation sites is 1. The predicted octanol–water partition coefficient (Wildman–Crippen LogP) is 3.73. The van der Waals surface area contributed by atoms with Crippen molar-refractivity contribution in [2.24, 2.45) is 0 Å². The maximum atomic E-state index is 5.86. The van der Waals surface area contributed by atoms with Gasteiger partial charge in [0, 0.05) is 20.9 Å². The monoisotopic (exact) mass is 272 g/mol. The minimum absolute atomic E-state index is 0.740. The zero-order chi connectivity index (χ0) is 11.1. The molecular formula is C13H9BrN2. The SMILES string of the molecule is Nc1cc2cc3ccccc3nc2cc1Br. The number of nitrogens with two attached hydrogens (primary N) is 1. The largest absolute Gasteiger partial charge is 0.398 e. The van der Waals surface area contributed by atoms with Crippen LogP contribution in [0.2, 0.25) is 0 Å². The number of aromatic nitrogens is 1.